The first-order valence-electron chi connectivity index (χ1n) is 18.9. The predicted octanol–water partition coefficient (Wildman–Crippen LogP) is 17.5. The molecule has 0 bridgehead atoms. The van der Waals surface area contributed by atoms with Gasteiger partial charge < -0.3 is 0 Å². The largest absolute Gasteiger partial charge is 0.0776 e. The smallest absolute Gasteiger partial charge is 0.0443 e. The summed E-state index contributed by atoms with van der Waals surface area (Å²) in [7, 11) is 0. The Kier molecular flexibility index (Phi) is 203. The Balaban J connectivity index is -0.0000000295. The summed E-state index contributed by atoms with van der Waals surface area (Å²) >= 11 is 0. The fourth-order valence-electron chi connectivity index (χ4n) is 1.17. The van der Waals surface area contributed by atoms with E-state index in [0.717, 1.165) is 5.92 Å². The molecule has 0 unspecified atom stereocenters. The maximum atomic E-state index is 2.28. The van der Waals surface area contributed by atoms with Crippen LogP contribution in [0.1, 0.15) is 255 Å². The van der Waals surface area contributed by atoms with Gasteiger partial charge in [0.1, 0.15) is 0 Å². The number of rotatable bonds is 0. The lowest BCUT2D eigenvalue weighted by Gasteiger charge is -2.05. The average molecular weight is 567 g/mol. The maximum Gasteiger partial charge on any atom is -0.0443 e. The first-order chi connectivity index (χ1) is 18.9. The standard InChI is InChI=1S/5C4H8.9C2H6.CH4/c1-4-2-3-4;4*1-2-4-3-1;9*1-2;/h4H,2-3H2,1H3;4*1-4H2;9*1-2H3;1H4. The molecule has 0 heterocycles. The minimum absolute atomic E-state index is 0. The van der Waals surface area contributed by atoms with Crippen molar-refractivity contribution in [1.82, 2.24) is 0 Å². The van der Waals surface area contributed by atoms with Crippen LogP contribution in [0, 0.1) is 5.92 Å². The van der Waals surface area contributed by atoms with Gasteiger partial charge in [-0.2, -0.15) is 0 Å². The highest BCUT2D eigenvalue weighted by Crippen LogP contribution is 2.26. The van der Waals surface area contributed by atoms with E-state index in [9.17, 15) is 0 Å². The van der Waals surface area contributed by atoms with Crippen molar-refractivity contribution in [2.24, 2.45) is 5.92 Å². The second kappa shape index (κ2) is 118. The Hall–Kier alpha value is 0. The summed E-state index contributed by atoms with van der Waals surface area (Å²) < 4.78 is 0. The van der Waals surface area contributed by atoms with Gasteiger partial charge in [-0.1, -0.05) is 255 Å². The van der Waals surface area contributed by atoms with Gasteiger partial charge in [-0.15, -0.1) is 0 Å². The molecule has 0 saturated heterocycles. The second-order valence-corrected chi connectivity index (χ2v) is 7.34. The van der Waals surface area contributed by atoms with E-state index in [0.29, 0.717) is 0 Å². The molecule has 0 spiro atoms. The predicted molar refractivity (Wildman–Crippen MR) is 201 cm³/mol. The average Bonchev–Trinajstić information content (AvgIpc) is 3.68. The SMILES string of the molecule is C.C1CCC1.C1CCC1.C1CCC1.C1CCC1.CC.CC.CC.CC.CC.CC.CC.CC.CC.CC1CC1. The molecule has 0 aromatic carbocycles. The summed E-state index contributed by atoms with van der Waals surface area (Å²) in [5.41, 5.74) is 0. The number of hydrogen-bond acceptors (Lipinski definition) is 0. The molecule has 0 aromatic heterocycles. The van der Waals surface area contributed by atoms with Crippen molar-refractivity contribution in [3.8, 4) is 0 Å². The van der Waals surface area contributed by atoms with E-state index in [4.69, 9.17) is 0 Å². The van der Waals surface area contributed by atoms with Crippen LogP contribution in [0.5, 0.6) is 0 Å². The molecule has 0 heteroatoms. The third kappa shape index (κ3) is 136. The maximum absolute atomic E-state index is 2.28. The summed E-state index contributed by atoms with van der Waals surface area (Å²) in [5, 5.41) is 0. The zero-order valence-corrected chi connectivity index (χ0v) is 32.3. The molecular formula is C39H98. The highest BCUT2D eigenvalue weighted by Gasteiger charge is 2.12. The topological polar surface area (TPSA) is 0 Å². The fourth-order valence-corrected chi connectivity index (χ4v) is 1.17. The lowest BCUT2D eigenvalue weighted by Crippen LogP contribution is -1.85. The molecule has 5 aliphatic carbocycles. The van der Waals surface area contributed by atoms with Gasteiger partial charge in [0.2, 0.25) is 0 Å². The van der Waals surface area contributed by atoms with Gasteiger partial charge >= 0.3 is 0 Å². The van der Waals surface area contributed by atoms with E-state index in [-0.39, 0.29) is 7.43 Å². The van der Waals surface area contributed by atoms with Crippen molar-refractivity contribution in [1.29, 1.82) is 0 Å². The molecular weight excluding hydrogens is 468 g/mol. The second-order valence-electron chi connectivity index (χ2n) is 7.34. The minimum atomic E-state index is 0. The van der Waals surface area contributed by atoms with Crippen LogP contribution >= 0.6 is 0 Å². The van der Waals surface area contributed by atoms with Gasteiger partial charge in [-0.3, -0.25) is 0 Å². The zero-order chi connectivity index (χ0) is 32.3. The Morgan fingerprint density at radius 2 is 0.282 bits per heavy atom. The summed E-state index contributed by atoms with van der Waals surface area (Å²) in [6.45, 7) is 38.3. The van der Waals surface area contributed by atoms with E-state index in [1.807, 2.05) is 125 Å². The molecule has 5 fully saturated rings. The van der Waals surface area contributed by atoms with Crippen LogP contribution in [0.4, 0.5) is 0 Å². The first-order valence-corrected chi connectivity index (χ1v) is 18.9. The van der Waals surface area contributed by atoms with Crippen LogP contribution in [0.15, 0.2) is 0 Å². The Labute approximate surface area is 260 Å². The summed E-state index contributed by atoms with van der Waals surface area (Å²) in [6.07, 6.45) is 27.0. The van der Waals surface area contributed by atoms with Gasteiger partial charge in [-0.25, -0.2) is 0 Å². The Morgan fingerprint density at radius 3 is 0.282 bits per heavy atom. The molecule has 5 aliphatic rings. The summed E-state index contributed by atoms with van der Waals surface area (Å²) in [5.74, 6) is 1.08. The Bertz CT molecular complexity index is 116. The Morgan fingerprint density at radius 1 is 0.231 bits per heavy atom. The third-order valence-corrected chi connectivity index (χ3v) is 4.87. The van der Waals surface area contributed by atoms with E-state index >= 15 is 0 Å². The minimum Gasteiger partial charge on any atom is -0.0776 e. The molecule has 254 valence electrons. The monoisotopic (exact) mass is 567 g/mol. The van der Waals surface area contributed by atoms with E-state index < -0.39 is 0 Å². The van der Waals surface area contributed by atoms with Crippen molar-refractivity contribution in [2.45, 2.75) is 255 Å². The zero-order valence-electron chi connectivity index (χ0n) is 32.3. The molecule has 39 heavy (non-hydrogen) atoms. The molecule has 5 saturated carbocycles. The van der Waals surface area contributed by atoms with E-state index in [1.165, 1.54) is 116 Å². The molecule has 0 radical (unpaired) electrons. The number of hydrogen-bond donors (Lipinski definition) is 0. The van der Waals surface area contributed by atoms with Gasteiger partial charge in [0.25, 0.3) is 0 Å². The van der Waals surface area contributed by atoms with Crippen LogP contribution in [-0.4, -0.2) is 0 Å². The van der Waals surface area contributed by atoms with Crippen LogP contribution in [0.25, 0.3) is 0 Å². The molecule has 0 aliphatic heterocycles. The molecule has 0 atom stereocenters. The summed E-state index contributed by atoms with van der Waals surface area (Å²) in [4.78, 5) is 0. The van der Waals surface area contributed by atoms with Gasteiger partial charge in [-0.05, 0) is 5.92 Å². The van der Waals surface area contributed by atoms with Gasteiger partial charge in [0, 0.05) is 0 Å². The van der Waals surface area contributed by atoms with Crippen molar-refractivity contribution in [2.75, 3.05) is 0 Å². The van der Waals surface area contributed by atoms with Crippen molar-refractivity contribution < 1.29 is 0 Å². The van der Waals surface area contributed by atoms with Crippen molar-refractivity contribution in [3.05, 3.63) is 0 Å². The van der Waals surface area contributed by atoms with Crippen LogP contribution < -0.4 is 0 Å². The first kappa shape index (κ1) is 67.0. The van der Waals surface area contributed by atoms with E-state index in [2.05, 4.69) is 6.92 Å². The molecule has 0 nitrogen and oxygen atoms in total. The lowest BCUT2D eigenvalue weighted by molar-refractivity contribution is 0.504. The molecule has 0 aromatic rings. The van der Waals surface area contributed by atoms with Crippen LogP contribution in [-0.2, 0) is 0 Å². The highest BCUT2D eigenvalue weighted by atomic mass is 14.2. The fraction of sp³-hybridized carbons (Fsp3) is 1.00. The van der Waals surface area contributed by atoms with Crippen molar-refractivity contribution >= 4 is 0 Å². The van der Waals surface area contributed by atoms with Gasteiger partial charge in [0.05, 0.1) is 0 Å². The third-order valence-electron chi connectivity index (χ3n) is 4.87. The molecule has 0 N–H and O–H groups in total. The lowest BCUT2D eigenvalue weighted by atomic mass is 10.0. The quantitative estimate of drug-likeness (QED) is 0.273. The van der Waals surface area contributed by atoms with Crippen LogP contribution in [0.3, 0.4) is 0 Å². The summed E-state index contributed by atoms with van der Waals surface area (Å²) in [6, 6.07) is 0. The highest BCUT2D eigenvalue weighted by molar-refractivity contribution is 4.65. The normalized spacial score (nSPS) is 13.9. The van der Waals surface area contributed by atoms with Crippen molar-refractivity contribution in [3.63, 3.8) is 0 Å². The molecule has 5 rings (SSSR count). The molecule has 0 amide bonds. The van der Waals surface area contributed by atoms with E-state index in [1.54, 1.807) is 0 Å². The van der Waals surface area contributed by atoms with Gasteiger partial charge in [0.15, 0.2) is 0 Å². The van der Waals surface area contributed by atoms with Crippen LogP contribution in [0.2, 0.25) is 0 Å².